The molecule has 0 unspecified atom stereocenters. The SMILES string of the molecule is c1ccc(-c2nc(-c3ccccc3)nc(-c3cccc4c3sc3c4ccc4c5ccc(-n6c7ccccc7c7ccccc76)cc5n(-c5ccc6oc7ccccc7c6c5)c43)n2)cc1. The van der Waals surface area contributed by atoms with Gasteiger partial charge in [-0.05, 0) is 54.6 Å². The van der Waals surface area contributed by atoms with Crippen molar-refractivity contribution in [3.8, 4) is 45.5 Å². The number of nitrogens with zero attached hydrogens (tertiary/aromatic N) is 5. The van der Waals surface area contributed by atoms with E-state index in [-0.39, 0.29) is 0 Å². The third-order valence-corrected chi connectivity index (χ3v) is 14.0. The molecule has 0 fully saturated rings. The lowest BCUT2D eigenvalue weighted by Crippen LogP contribution is -2.00. The van der Waals surface area contributed by atoms with Crippen molar-refractivity contribution in [1.82, 2.24) is 24.1 Å². The van der Waals surface area contributed by atoms with Crippen LogP contribution in [0.4, 0.5) is 0 Å². The molecule has 0 saturated carbocycles. The van der Waals surface area contributed by atoms with Gasteiger partial charge in [0.15, 0.2) is 17.5 Å². The number of fused-ring (bicyclic) bond motifs is 13. The second-order valence-corrected chi connectivity index (χ2v) is 17.4. The first kappa shape index (κ1) is 35.2. The summed E-state index contributed by atoms with van der Waals surface area (Å²) in [6.45, 7) is 0. The molecule has 14 rings (SSSR count). The average molecular weight is 836 g/mol. The fourth-order valence-corrected chi connectivity index (χ4v) is 11.3. The second kappa shape index (κ2) is 13.6. The number of hydrogen-bond donors (Lipinski definition) is 0. The molecule has 0 saturated heterocycles. The smallest absolute Gasteiger partial charge is 0.165 e. The van der Waals surface area contributed by atoms with Crippen molar-refractivity contribution in [3.63, 3.8) is 0 Å². The second-order valence-electron chi connectivity index (χ2n) is 16.3. The first-order valence-electron chi connectivity index (χ1n) is 21.4. The molecule has 0 spiro atoms. The Hall–Kier alpha value is -8.39. The average Bonchev–Trinajstić information content (AvgIpc) is 4.12. The monoisotopic (exact) mass is 835 g/mol. The van der Waals surface area contributed by atoms with Gasteiger partial charge in [-0.25, -0.2) is 15.0 Å². The quantitative estimate of drug-likeness (QED) is 0.173. The number of rotatable bonds is 5. The van der Waals surface area contributed by atoms with Crippen LogP contribution >= 0.6 is 11.3 Å². The highest BCUT2D eigenvalue weighted by molar-refractivity contribution is 7.27. The highest BCUT2D eigenvalue weighted by Gasteiger charge is 2.23. The summed E-state index contributed by atoms with van der Waals surface area (Å²) < 4.78 is 13.6. The van der Waals surface area contributed by atoms with Gasteiger partial charge >= 0.3 is 0 Å². The Labute approximate surface area is 369 Å². The molecule has 0 aliphatic rings. The van der Waals surface area contributed by atoms with E-state index in [9.17, 15) is 0 Å². The van der Waals surface area contributed by atoms with Crippen LogP contribution in [-0.4, -0.2) is 24.1 Å². The molecule has 7 heteroatoms. The molecule has 5 aromatic heterocycles. The van der Waals surface area contributed by atoms with E-state index in [0.717, 1.165) is 65.7 Å². The Morgan fingerprint density at radius 1 is 0.344 bits per heavy atom. The predicted molar refractivity (Wildman–Crippen MR) is 265 cm³/mol. The van der Waals surface area contributed by atoms with Crippen LogP contribution in [0.25, 0.3) is 131 Å². The molecule has 0 radical (unpaired) electrons. The minimum Gasteiger partial charge on any atom is -0.456 e. The molecule has 64 heavy (non-hydrogen) atoms. The lowest BCUT2D eigenvalue weighted by Gasteiger charge is -2.12. The lowest BCUT2D eigenvalue weighted by atomic mass is 10.1. The lowest BCUT2D eigenvalue weighted by molar-refractivity contribution is 0.669. The summed E-state index contributed by atoms with van der Waals surface area (Å²) >= 11 is 1.81. The van der Waals surface area contributed by atoms with Crippen LogP contribution in [-0.2, 0) is 0 Å². The van der Waals surface area contributed by atoms with Crippen molar-refractivity contribution < 1.29 is 4.42 Å². The van der Waals surface area contributed by atoms with Crippen molar-refractivity contribution in [1.29, 1.82) is 0 Å². The van der Waals surface area contributed by atoms with Gasteiger partial charge in [0.05, 0.1) is 26.8 Å². The molecule has 0 aliphatic heterocycles. The Morgan fingerprint density at radius 3 is 1.61 bits per heavy atom. The number of furan rings is 1. The van der Waals surface area contributed by atoms with Gasteiger partial charge in [0.1, 0.15) is 11.2 Å². The molecule has 298 valence electrons. The first-order valence-corrected chi connectivity index (χ1v) is 22.3. The molecule has 9 aromatic carbocycles. The van der Waals surface area contributed by atoms with E-state index >= 15 is 0 Å². The molecule has 6 nitrogen and oxygen atoms in total. The molecule has 14 aromatic rings. The van der Waals surface area contributed by atoms with Crippen LogP contribution in [0.5, 0.6) is 0 Å². The van der Waals surface area contributed by atoms with Gasteiger partial charge in [-0.3, -0.25) is 0 Å². The van der Waals surface area contributed by atoms with Crippen molar-refractivity contribution in [2.45, 2.75) is 0 Å². The fraction of sp³-hybridized carbons (Fsp3) is 0. The standard InChI is InChI=1S/C57H33N5OS/c1-3-14-34(15-4-1)55-58-56(35-16-5-2-6-17-35)60-57(59-55)45-22-13-21-43-44-30-29-42-40-28-26-37(61-47-23-10-7-18-38(47)39-19-8-11-24-48(39)61)33-49(40)62(52(42)54(44)64-53(43)45)36-27-31-51-46(32-36)41-20-9-12-25-50(41)63-51/h1-33H. The van der Waals surface area contributed by atoms with Gasteiger partial charge in [0.25, 0.3) is 0 Å². The van der Waals surface area contributed by atoms with Crippen LogP contribution in [0.1, 0.15) is 0 Å². The summed E-state index contributed by atoms with van der Waals surface area (Å²) in [7, 11) is 0. The summed E-state index contributed by atoms with van der Waals surface area (Å²) in [5, 5.41) is 9.41. The van der Waals surface area contributed by atoms with Gasteiger partial charge in [-0.2, -0.15) is 0 Å². The maximum Gasteiger partial charge on any atom is 0.165 e. The van der Waals surface area contributed by atoms with Crippen LogP contribution in [0.3, 0.4) is 0 Å². The van der Waals surface area contributed by atoms with Crippen molar-refractivity contribution >= 4 is 97.1 Å². The molecule has 0 amide bonds. The van der Waals surface area contributed by atoms with Crippen molar-refractivity contribution in [3.05, 3.63) is 200 Å². The zero-order chi connectivity index (χ0) is 41.9. The third kappa shape index (κ3) is 5.16. The van der Waals surface area contributed by atoms with Crippen LogP contribution < -0.4 is 0 Å². The highest BCUT2D eigenvalue weighted by Crippen LogP contribution is 2.47. The van der Waals surface area contributed by atoms with Crippen molar-refractivity contribution in [2.75, 3.05) is 0 Å². The Morgan fingerprint density at radius 2 is 0.875 bits per heavy atom. The predicted octanol–water partition coefficient (Wildman–Crippen LogP) is 15.3. The minimum atomic E-state index is 0.645. The number of benzene rings is 9. The Balaban J connectivity index is 1.07. The molecule has 0 N–H and O–H groups in total. The summed E-state index contributed by atoms with van der Waals surface area (Å²) in [5.41, 5.74) is 11.5. The minimum absolute atomic E-state index is 0.645. The normalized spacial score (nSPS) is 12.1. The van der Waals surface area contributed by atoms with Gasteiger partial charge in [-0.1, -0.05) is 146 Å². The molecule has 5 heterocycles. The topological polar surface area (TPSA) is 61.7 Å². The highest BCUT2D eigenvalue weighted by atomic mass is 32.1. The largest absolute Gasteiger partial charge is 0.456 e. The van der Waals surface area contributed by atoms with E-state index in [1.54, 1.807) is 0 Å². The zero-order valence-electron chi connectivity index (χ0n) is 34.1. The Bertz CT molecular complexity index is 4090. The van der Waals surface area contributed by atoms with E-state index in [1.165, 1.54) is 48.1 Å². The molecular formula is C57H33N5OS. The van der Waals surface area contributed by atoms with E-state index in [0.29, 0.717) is 17.5 Å². The summed E-state index contributed by atoms with van der Waals surface area (Å²) in [4.78, 5) is 15.3. The Kier molecular flexibility index (Phi) is 7.46. The van der Waals surface area contributed by atoms with E-state index in [2.05, 4.69) is 161 Å². The molecule has 0 aliphatic carbocycles. The van der Waals surface area contributed by atoms with Gasteiger partial charge in [-0.15, -0.1) is 11.3 Å². The molecular weight excluding hydrogens is 803 g/mol. The fourth-order valence-electron chi connectivity index (χ4n) is 9.91. The number of hydrogen-bond acceptors (Lipinski definition) is 5. The first-order chi connectivity index (χ1) is 31.7. The summed E-state index contributed by atoms with van der Waals surface area (Å²) in [6, 6.07) is 70.8. The zero-order valence-corrected chi connectivity index (χ0v) is 34.9. The van der Waals surface area contributed by atoms with Gasteiger partial charge in [0, 0.05) is 75.9 Å². The van der Waals surface area contributed by atoms with Crippen LogP contribution in [0.2, 0.25) is 0 Å². The van der Waals surface area contributed by atoms with Gasteiger partial charge in [0.2, 0.25) is 0 Å². The summed E-state index contributed by atoms with van der Waals surface area (Å²) in [5.74, 6) is 1.94. The van der Waals surface area contributed by atoms with E-state index in [1.807, 2.05) is 59.9 Å². The van der Waals surface area contributed by atoms with E-state index < -0.39 is 0 Å². The number of thiophene rings is 1. The molecule has 0 bridgehead atoms. The van der Waals surface area contributed by atoms with Crippen LogP contribution in [0.15, 0.2) is 205 Å². The van der Waals surface area contributed by atoms with E-state index in [4.69, 9.17) is 19.4 Å². The van der Waals surface area contributed by atoms with Gasteiger partial charge < -0.3 is 13.6 Å². The van der Waals surface area contributed by atoms with Crippen molar-refractivity contribution in [2.24, 2.45) is 0 Å². The maximum absolute atomic E-state index is 6.36. The number of para-hydroxylation sites is 3. The summed E-state index contributed by atoms with van der Waals surface area (Å²) in [6.07, 6.45) is 0. The number of aromatic nitrogens is 5. The molecule has 0 atom stereocenters. The van der Waals surface area contributed by atoms with Crippen LogP contribution in [0, 0.1) is 0 Å². The third-order valence-electron chi connectivity index (χ3n) is 12.8. The maximum atomic E-state index is 6.36.